The molecule has 0 saturated carbocycles. The second-order valence-electron chi connectivity index (χ2n) is 3.14. The van der Waals surface area contributed by atoms with Gasteiger partial charge in [-0.15, -0.1) is 6.58 Å². The fourth-order valence-electron chi connectivity index (χ4n) is 1.25. The largest absolute Gasteiger partial charge is 0.324 e. The lowest BCUT2D eigenvalue weighted by molar-refractivity contribution is 0.566. The maximum atomic E-state index is 13.3. The molecule has 0 fully saturated rings. The van der Waals surface area contributed by atoms with Gasteiger partial charge in [-0.2, -0.15) is 0 Å². The Bertz CT molecular complexity index is 325. The number of hydrogen-bond donors (Lipinski definition) is 1. The van der Waals surface area contributed by atoms with E-state index < -0.39 is 0 Å². The van der Waals surface area contributed by atoms with Crippen molar-refractivity contribution >= 4 is 22.6 Å². The maximum absolute atomic E-state index is 13.3. The summed E-state index contributed by atoms with van der Waals surface area (Å²) in [5.41, 5.74) is 6.46. The van der Waals surface area contributed by atoms with Gasteiger partial charge in [0.05, 0.1) is 0 Å². The number of halogens is 2. The molecule has 0 heterocycles. The lowest BCUT2D eigenvalue weighted by Gasteiger charge is -2.12. The predicted octanol–water partition coefficient (Wildman–Crippen LogP) is 3.40. The first-order valence-electron chi connectivity index (χ1n) is 4.46. The Kier molecular flexibility index (Phi) is 4.54. The van der Waals surface area contributed by atoms with Gasteiger partial charge < -0.3 is 5.73 Å². The Labute approximate surface area is 97.3 Å². The highest BCUT2D eigenvalue weighted by Crippen LogP contribution is 2.21. The van der Waals surface area contributed by atoms with Crippen LogP contribution in [0.1, 0.15) is 24.4 Å². The minimum atomic E-state index is -0.234. The van der Waals surface area contributed by atoms with Gasteiger partial charge in [0, 0.05) is 15.2 Å². The average molecular weight is 305 g/mol. The van der Waals surface area contributed by atoms with Crippen LogP contribution < -0.4 is 5.73 Å². The molecule has 14 heavy (non-hydrogen) atoms. The van der Waals surface area contributed by atoms with Crippen molar-refractivity contribution < 1.29 is 4.39 Å². The van der Waals surface area contributed by atoms with E-state index in [0.717, 1.165) is 16.4 Å². The van der Waals surface area contributed by atoms with E-state index in [2.05, 4.69) is 29.2 Å². The van der Waals surface area contributed by atoms with Crippen LogP contribution in [0.2, 0.25) is 0 Å². The maximum Gasteiger partial charge on any atom is 0.128 e. The zero-order valence-corrected chi connectivity index (χ0v) is 10.00. The highest BCUT2D eigenvalue weighted by atomic mass is 127. The standard InChI is InChI=1S/C11H13FIN/c1-2-3-4-11(14)9-7-8(13)5-6-10(9)12/h2,5-7,11H,1,3-4,14H2/t11-/m0/s1. The van der Waals surface area contributed by atoms with Gasteiger partial charge in [-0.05, 0) is 53.6 Å². The fraction of sp³-hybridized carbons (Fsp3) is 0.273. The molecule has 0 aromatic heterocycles. The molecule has 1 rings (SSSR count). The van der Waals surface area contributed by atoms with Crippen molar-refractivity contribution in [1.29, 1.82) is 0 Å². The molecule has 0 aliphatic heterocycles. The highest BCUT2D eigenvalue weighted by molar-refractivity contribution is 14.1. The molecule has 0 spiro atoms. The Morgan fingerprint density at radius 2 is 2.29 bits per heavy atom. The summed E-state index contributed by atoms with van der Waals surface area (Å²) in [6.45, 7) is 3.62. The van der Waals surface area contributed by atoms with Crippen LogP contribution in [0.4, 0.5) is 4.39 Å². The molecule has 1 atom stereocenters. The summed E-state index contributed by atoms with van der Waals surface area (Å²) in [7, 11) is 0. The van der Waals surface area contributed by atoms with Gasteiger partial charge >= 0.3 is 0 Å². The lowest BCUT2D eigenvalue weighted by Crippen LogP contribution is -2.11. The lowest BCUT2D eigenvalue weighted by atomic mass is 10.0. The minimum absolute atomic E-state index is 0.220. The van der Waals surface area contributed by atoms with Crippen LogP contribution in [-0.4, -0.2) is 0 Å². The molecule has 1 aromatic carbocycles. The van der Waals surface area contributed by atoms with Gasteiger partial charge in [0.15, 0.2) is 0 Å². The van der Waals surface area contributed by atoms with Crippen molar-refractivity contribution in [3.8, 4) is 0 Å². The first-order valence-corrected chi connectivity index (χ1v) is 5.54. The Hall–Kier alpha value is -0.420. The molecular weight excluding hydrogens is 292 g/mol. The number of allylic oxidation sites excluding steroid dienone is 1. The average Bonchev–Trinajstić information content (AvgIpc) is 2.18. The summed E-state index contributed by atoms with van der Waals surface area (Å²) in [5, 5.41) is 0. The Morgan fingerprint density at radius 3 is 2.93 bits per heavy atom. The highest BCUT2D eigenvalue weighted by Gasteiger charge is 2.10. The molecule has 3 heteroatoms. The summed E-state index contributed by atoms with van der Waals surface area (Å²) < 4.78 is 14.3. The van der Waals surface area contributed by atoms with Crippen molar-refractivity contribution in [2.75, 3.05) is 0 Å². The number of rotatable bonds is 4. The van der Waals surface area contributed by atoms with Crippen LogP contribution in [0.3, 0.4) is 0 Å². The SMILES string of the molecule is C=CCC[C@H](N)c1cc(I)ccc1F. The van der Waals surface area contributed by atoms with Crippen LogP contribution in [0.5, 0.6) is 0 Å². The molecule has 0 radical (unpaired) electrons. The van der Waals surface area contributed by atoms with E-state index in [1.54, 1.807) is 18.2 Å². The topological polar surface area (TPSA) is 26.0 Å². The van der Waals surface area contributed by atoms with E-state index in [9.17, 15) is 4.39 Å². The molecule has 0 saturated heterocycles. The van der Waals surface area contributed by atoms with Gasteiger partial charge in [-0.3, -0.25) is 0 Å². The van der Waals surface area contributed by atoms with Crippen LogP contribution in [-0.2, 0) is 0 Å². The molecule has 0 bridgehead atoms. The van der Waals surface area contributed by atoms with Crippen molar-refractivity contribution in [3.63, 3.8) is 0 Å². The smallest absolute Gasteiger partial charge is 0.128 e. The van der Waals surface area contributed by atoms with E-state index >= 15 is 0 Å². The van der Waals surface area contributed by atoms with Gasteiger partial charge in [-0.1, -0.05) is 6.08 Å². The third-order valence-electron chi connectivity index (χ3n) is 2.04. The molecule has 1 nitrogen and oxygen atoms in total. The van der Waals surface area contributed by atoms with E-state index in [4.69, 9.17) is 5.73 Å². The summed E-state index contributed by atoms with van der Waals surface area (Å²) in [6, 6.07) is 4.76. The summed E-state index contributed by atoms with van der Waals surface area (Å²) >= 11 is 2.15. The van der Waals surface area contributed by atoms with E-state index in [1.807, 2.05) is 0 Å². The Balaban J connectivity index is 2.82. The molecule has 0 amide bonds. The predicted molar refractivity (Wildman–Crippen MR) is 65.5 cm³/mol. The van der Waals surface area contributed by atoms with E-state index in [-0.39, 0.29) is 11.9 Å². The second-order valence-corrected chi connectivity index (χ2v) is 4.38. The van der Waals surface area contributed by atoms with Crippen molar-refractivity contribution in [2.24, 2.45) is 5.73 Å². The van der Waals surface area contributed by atoms with Crippen molar-refractivity contribution in [2.45, 2.75) is 18.9 Å². The molecule has 76 valence electrons. The third kappa shape index (κ3) is 3.06. The first kappa shape index (κ1) is 11.7. The van der Waals surface area contributed by atoms with Crippen molar-refractivity contribution in [3.05, 3.63) is 45.8 Å². The zero-order valence-electron chi connectivity index (χ0n) is 7.84. The van der Waals surface area contributed by atoms with Gasteiger partial charge in [0.25, 0.3) is 0 Å². The Morgan fingerprint density at radius 1 is 1.57 bits per heavy atom. The minimum Gasteiger partial charge on any atom is -0.324 e. The van der Waals surface area contributed by atoms with Gasteiger partial charge in [-0.25, -0.2) is 4.39 Å². The van der Waals surface area contributed by atoms with Gasteiger partial charge in [0.2, 0.25) is 0 Å². The molecular formula is C11H13FIN. The molecule has 0 unspecified atom stereocenters. The third-order valence-corrected chi connectivity index (χ3v) is 2.71. The molecule has 0 aliphatic rings. The van der Waals surface area contributed by atoms with E-state index in [1.165, 1.54) is 6.07 Å². The second kappa shape index (κ2) is 5.46. The molecule has 2 N–H and O–H groups in total. The molecule has 0 aliphatic carbocycles. The number of benzene rings is 1. The normalized spacial score (nSPS) is 12.5. The summed E-state index contributed by atoms with van der Waals surface area (Å²) in [5.74, 6) is -0.220. The van der Waals surface area contributed by atoms with Crippen LogP contribution in [0.15, 0.2) is 30.9 Å². The number of nitrogens with two attached hydrogens (primary N) is 1. The monoisotopic (exact) mass is 305 g/mol. The first-order chi connectivity index (χ1) is 6.65. The van der Waals surface area contributed by atoms with Crippen LogP contribution >= 0.6 is 22.6 Å². The van der Waals surface area contributed by atoms with Crippen LogP contribution in [0.25, 0.3) is 0 Å². The number of hydrogen-bond acceptors (Lipinski definition) is 1. The quantitative estimate of drug-likeness (QED) is 0.669. The van der Waals surface area contributed by atoms with E-state index in [0.29, 0.717) is 5.56 Å². The zero-order chi connectivity index (χ0) is 10.6. The van der Waals surface area contributed by atoms with Gasteiger partial charge in [0.1, 0.15) is 5.82 Å². The fourth-order valence-corrected chi connectivity index (χ4v) is 1.77. The molecule has 1 aromatic rings. The summed E-state index contributed by atoms with van der Waals surface area (Å²) in [6.07, 6.45) is 3.35. The van der Waals surface area contributed by atoms with Crippen LogP contribution in [0, 0.1) is 9.39 Å². The van der Waals surface area contributed by atoms with Crippen molar-refractivity contribution in [1.82, 2.24) is 0 Å². The summed E-state index contributed by atoms with van der Waals surface area (Å²) in [4.78, 5) is 0.